The van der Waals surface area contributed by atoms with E-state index in [1.807, 2.05) is 6.20 Å². The van der Waals surface area contributed by atoms with Gasteiger partial charge in [-0.25, -0.2) is 0 Å². The molecule has 0 spiro atoms. The van der Waals surface area contributed by atoms with E-state index in [2.05, 4.69) is 17.2 Å². The van der Waals surface area contributed by atoms with Gasteiger partial charge in [0, 0.05) is 0 Å². The van der Waals surface area contributed by atoms with Crippen LogP contribution in [0.1, 0.15) is 91.1 Å². The summed E-state index contributed by atoms with van der Waals surface area (Å²) in [7, 11) is 0. The van der Waals surface area contributed by atoms with Gasteiger partial charge in [0.1, 0.15) is 0 Å². The molecule has 33 heavy (non-hydrogen) atoms. The number of hydrogen-bond acceptors (Lipinski definition) is 5. The van der Waals surface area contributed by atoms with Gasteiger partial charge in [-0.05, 0) is 0 Å². The average molecular weight is 515 g/mol. The molecule has 1 atom stereocenters. The van der Waals surface area contributed by atoms with Crippen LogP contribution in [0.5, 0.6) is 0 Å². The van der Waals surface area contributed by atoms with Crippen LogP contribution < -0.4 is 0 Å². The Bertz CT molecular complexity index is 967. The first-order valence-electron chi connectivity index (χ1n) is 12.2. The van der Waals surface area contributed by atoms with Crippen LogP contribution in [-0.2, 0) is 16.6 Å². The predicted octanol–water partition coefficient (Wildman–Crippen LogP) is 5.16. The number of benzene rings is 1. The first-order valence-corrected chi connectivity index (χ1v) is 14.6. The van der Waals surface area contributed by atoms with Crippen molar-refractivity contribution in [1.82, 2.24) is 15.0 Å². The monoisotopic (exact) mass is 515 g/mol. The van der Waals surface area contributed by atoms with E-state index in [9.17, 15) is 9.59 Å². The van der Waals surface area contributed by atoms with E-state index < -0.39 is 0 Å². The van der Waals surface area contributed by atoms with E-state index in [-0.39, 0.29) is 23.4 Å². The molecule has 2 heterocycles. The van der Waals surface area contributed by atoms with Gasteiger partial charge in [-0.15, -0.1) is 0 Å². The number of allylic oxidation sites excluding steroid dienone is 1. The molecule has 0 N–H and O–H groups in total. The second-order valence-corrected chi connectivity index (χ2v) is 11.2. The number of ether oxygens (including phenoxy) is 1. The molecule has 0 saturated heterocycles. The van der Waals surface area contributed by atoms with Gasteiger partial charge in [0.2, 0.25) is 0 Å². The van der Waals surface area contributed by atoms with Crippen LogP contribution in [0.25, 0.3) is 0 Å². The summed E-state index contributed by atoms with van der Waals surface area (Å²) in [6.07, 6.45) is 13.0. The number of carbonyl (C=O) groups is 2. The number of Topliss-reactive ketones (excluding diaryl/α,β-unsaturated/α-hetero) is 2. The number of ketones is 2. The first kappa shape index (κ1) is 23.9. The summed E-state index contributed by atoms with van der Waals surface area (Å²) in [5, 5.41) is 10.8. The standard InChI is InChI=1S/C26H33N3O3Se/c1-2-3-4-5-6-7-8-11-14-33-18-19-16-29(28-27-19)17-20-15-23-24(30)21-12-9-10-13-22(21)25(31)26(23)32-20/h9-10,12-13,16,20H,2-8,11,14-15,17-18H2,1H3. The zero-order valence-electron chi connectivity index (χ0n) is 19.4. The van der Waals surface area contributed by atoms with Crippen molar-refractivity contribution in [2.45, 2.75) is 88.0 Å². The fraction of sp³-hybridized carbons (Fsp3) is 0.538. The molecular formula is C26H33N3O3Se. The fourth-order valence-corrected chi connectivity index (χ4v) is 6.34. The maximum atomic E-state index is 12.8. The Labute approximate surface area is 202 Å². The Kier molecular flexibility index (Phi) is 8.51. The van der Waals surface area contributed by atoms with Crippen LogP contribution in [0.2, 0.25) is 5.32 Å². The number of hydrogen-bond donors (Lipinski definition) is 0. The fourth-order valence-electron chi connectivity index (χ4n) is 4.47. The summed E-state index contributed by atoms with van der Waals surface area (Å²) >= 11 is 0.554. The second-order valence-electron chi connectivity index (χ2n) is 8.91. The van der Waals surface area contributed by atoms with E-state index in [0.29, 0.717) is 44.6 Å². The number of nitrogens with zero attached hydrogens (tertiary/aromatic N) is 3. The second kappa shape index (κ2) is 11.8. The summed E-state index contributed by atoms with van der Waals surface area (Å²) in [5.41, 5.74) is 2.43. The van der Waals surface area contributed by atoms with Gasteiger partial charge >= 0.3 is 202 Å². The Morgan fingerprint density at radius 2 is 1.70 bits per heavy atom. The van der Waals surface area contributed by atoms with Crippen molar-refractivity contribution in [3.05, 3.63) is 58.6 Å². The first-order chi connectivity index (χ1) is 16.2. The number of aromatic nitrogens is 3. The van der Waals surface area contributed by atoms with E-state index in [1.54, 1.807) is 28.9 Å². The van der Waals surface area contributed by atoms with Crippen LogP contribution in [-0.4, -0.2) is 47.6 Å². The van der Waals surface area contributed by atoms with Gasteiger partial charge < -0.3 is 0 Å². The van der Waals surface area contributed by atoms with Crippen molar-refractivity contribution in [2.24, 2.45) is 0 Å². The maximum absolute atomic E-state index is 12.8. The van der Waals surface area contributed by atoms with Crippen LogP contribution in [0.4, 0.5) is 0 Å². The zero-order valence-corrected chi connectivity index (χ0v) is 21.1. The van der Waals surface area contributed by atoms with Crippen molar-refractivity contribution in [2.75, 3.05) is 0 Å². The molecule has 176 valence electrons. The summed E-state index contributed by atoms with van der Waals surface area (Å²) < 4.78 is 7.69. The van der Waals surface area contributed by atoms with Gasteiger partial charge in [-0.2, -0.15) is 0 Å². The van der Waals surface area contributed by atoms with E-state index >= 15 is 0 Å². The molecule has 0 saturated carbocycles. The molecular weight excluding hydrogens is 481 g/mol. The number of carbonyl (C=O) groups excluding carboxylic acids is 2. The third-order valence-corrected chi connectivity index (χ3v) is 8.52. The van der Waals surface area contributed by atoms with E-state index in [4.69, 9.17) is 4.74 Å². The molecule has 1 aromatic carbocycles. The molecule has 0 radical (unpaired) electrons. The molecule has 1 aromatic heterocycles. The van der Waals surface area contributed by atoms with Crippen molar-refractivity contribution >= 4 is 26.5 Å². The summed E-state index contributed by atoms with van der Waals surface area (Å²) in [4.78, 5) is 25.5. The predicted molar refractivity (Wildman–Crippen MR) is 129 cm³/mol. The molecule has 1 unspecified atom stereocenters. The topological polar surface area (TPSA) is 74.1 Å². The minimum atomic E-state index is -0.269. The van der Waals surface area contributed by atoms with Crippen LogP contribution in [0.3, 0.4) is 0 Å². The zero-order chi connectivity index (χ0) is 23.0. The van der Waals surface area contributed by atoms with Crippen molar-refractivity contribution in [3.8, 4) is 0 Å². The molecule has 0 amide bonds. The molecule has 2 aliphatic rings. The van der Waals surface area contributed by atoms with E-state index in [0.717, 1.165) is 11.0 Å². The molecule has 0 fully saturated rings. The van der Waals surface area contributed by atoms with Crippen molar-refractivity contribution in [1.29, 1.82) is 0 Å². The summed E-state index contributed by atoms with van der Waals surface area (Å²) in [6, 6.07) is 6.96. The Morgan fingerprint density at radius 1 is 1.00 bits per heavy atom. The Balaban J connectivity index is 1.17. The summed E-state index contributed by atoms with van der Waals surface area (Å²) in [5.74, 6) is -0.0611. The third-order valence-electron chi connectivity index (χ3n) is 6.26. The molecule has 1 aliphatic carbocycles. The number of fused-ring (bicyclic) bond motifs is 1. The van der Waals surface area contributed by atoms with Crippen LogP contribution >= 0.6 is 0 Å². The van der Waals surface area contributed by atoms with Crippen molar-refractivity contribution in [3.63, 3.8) is 0 Å². The van der Waals surface area contributed by atoms with Gasteiger partial charge in [0.25, 0.3) is 0 Å². The SMILES string of the molecule is CCCCCCCCCC[Se]Cc1cn(CC2CC3=C(O2)C(=O)c2ccccc2C3=O)nn1. The molecule has 4 rings (SSSR count). The minimum absolute atomic E-state index is 0.0920. The van der Waals surface area contributed by atoms with Gasteiger partial charge in [-0.3, -0.25) is 0 Å². The molecule has 2 aromatic rings. The van der Waals surface area contributed by atoms with Gasteiger partial charge in [0.15, 0.2) is 0 Å². The molecule has 0 bridgehead atoms. The van der Waals surface area contributed by atoms with E-state index in [1.165, 1.54) is 56.7 Å². The van der Waals surface area contributed by atoms with Gasteiger partial charge in [0.05, 0.1) is 0 Å². The normalized spacial score (nSPS) is 17.3. The molecule has 6 nitrogen and oxygen atoms in total. The quantitative estimate of drug-likeness (QED) is 0.273. The Hall–Kier alpha value is -2.24. The van der Waals surface area contributed by atoms with Crippen LogP contribution in [0, 0.1) is 0 Å². The van der Waals surface area contributed by atoms with Crippen molar-refractivity contribution < 1.29 is 14.3 Å². The summed E-state index contributed by atoms with van der Waals surface area (Å²) in [6.45, 7) is 2.75. The Morgan fingerprint density at radius 3 is 2.45 bits per heavy atom. The van der Waals surface area contributed by atoms with Crippen LogP contribution in [0.15, 0.2) is 41.8 Å². The average Bonchev–Trinajstić information content (AvgIpc) is 3.46. The third kappa shape index (κ3) is 6.01. The molecule has 7 heteroatoms. The number of rotatable bonds is 13. The number of unbranched alkanes of at least 4 members (excludes halogenated alkanes) is 7. The molecule has 1 aliphatic heterocycles. The van der Waals surface area contributed by atoms with Gasteiger partial charge in [-0.1, -0.05) is 0 Å².